The molecular weight excluding hydrogens is 376 g/mol. The number of ether oxygens (including phenoxy) is 1. The van der Waals surface area contributed by atoms with E-state index in [9.17, 15) is 4.79 Å². The van der Waals surface area contributed by atoms with Crippen molar-refractivity contribution in [2.75, 3.05) is 11.5 Å². The first-order chi connectivity index (χ1) is 14.4. The highest BCUT2D eigenvalue weighted by Gasteiger charge is 2.38. The molecule has 1 aliphatic rings. The van der Waals surface area contributed by atoms with Crippen LogP contribution in [0.2, 0.25) is 0 Å². The fraction of sp³-hybridized carbons (Fsp3) is 0.208. The third-order valence-electron chi connectivity index (χ3n) is 5.03. The van der Waals surface area contributed by atoms with Gasteiger partial charge in [0.25, 0.3) is 0 Å². The first-order valence-electron chi connectivity index (χ1n) is 9.54. The maximum absolute atomic E-state index is 13.0. The van der Waals surface area contributed by atoms with Crippen molar-refractivity contribution in [2.24, 2.45) is 5.73 Å². The Morgan fingerprint density at radius 1 is 1.27 bits per heavy atom. The van der Waals surface area contributed by atoms with Crippen LogP contribution >= 0.6 is 0 Å². The molecule has 6 heteroatoms. The Morgan fingerprint density at radius 3 is 2.53 bits per heavy atom. The van der Waals surface area contributed by atoms with Gasteiger partial charge < -0.3 is 15.4 Å². The molecule has 3 rings (SSSR count). The molecule has 2 N–H and O–H groups in total. The van der Waals surface area contributed by atoms with Crippen molar-refractivity contribution in [3.63, 3.8) is 0 Å². The fourth-order valence-electron chi connectivity index (χ4n) is 3.66. The van der Waals surface area contributed by atoms with E-state index < -0.39 is 11.9 Å². The Bertz CT molecular complexity index is 1130. The zero-order valence-electron chi connectivity index (χ0n) is 17.1. The fourth-order valence-corrected chi connectivity index (χ4v) is 3.66. The molecule has 1 heterocycles. The van der Waals surface area contributed by atoms with Crippen LogP contribution in [-0.2, 0) is 9.53 Å². The number of aryl methyl sites for hydroxylation is 1. The lowest BCUT2D eigenvalue weighted by atomic mass is 9.84. The molecule has 0 saturated carbocycles. The van der Waals surface area contributed by atoms with E-state index in [4.69, 9.17) is 22.3 Å². The summed E-state index contributed by atoms with van der Waals surface area (Å²) in [5.74, 6) is -0.996. The molecule has 6 nitrogen and oxygen atoms in total. The van der Waals surface area contributed by atoms with Crippen LogP contribution in [0.4, 0.5) is 5.69 Å². The average molecular weight is 398 g/mol. The van der Waals surface area contributed by atoms with Crippen molar-refractivity contribution in [1.82, 2.24) is 0 Å². The molecule has 1 unspecified atom stereocenters. The van der Waals surface area contributed by atoms with E-state index in [1.54, 1.807) is 36.1 Å². The van der Waals surface area contributed by atoms with E-state index in [2.05, 4.69) is 10.9 Å². The smallest absolute Gasteiger partial charge is 0.337 e. The molecule has 0 spiro atoms. The lowest BCUT2D eigenvalue weighted by Gasteiger charge is -2.36. The minimum Gasteiger partial charge on any atom is -0.463 e. The molecular formula is C24H22N4O2. The van der Waals surface area contributed by atoms with E-state index in [1.165, 1.54) is 0 Å². The van der Waals surface area contributed by atoms with Gasteiger partial charge in [0, 0.05) is 11.4 Å². The molecule has 0 saturated heterocycles. The standard InChI is InChI=1S/C24H22N4O2/c1-5-30-24(29)21-20(18-11-9-17(14-25)10-12-18)22(27-4)16(3)28(23(21)26)19-8-6-7-15(2)13-19/h6-13,20H,5,26H2,1-3H3. The second kappa shape index (κ2) is 8.55. The summed E-state index contributed by atoms with van der Waals surface area (Å²) in [5, 5.41) is 9.10. The Labute approximate surface area is 176 Å². The van der Waals surface area contributed by atoms with Gasteiger partial charge in [0.1, 0.15) is 5.82 Å². The molecule has 0 radical (unpaired) electrons. The molecule has 150 valence electrons. The monoisotopic (exact) mass is 398 g/mol. The molecule has 0 aliphatic carbocycles. The lowest BCUT2D eigenvalue weighted by Crippen LogP contribution is -2.37. The van der Waals surface area contributed by atoms with E-state index in [1.807, 2.05) is 38.1 Å². The first kappa shape index (κ1) is 20.7. The van der Waals surface area contributed by atoms with E-state index in [0.29, 0.717) is 22.5 Å². The number of nitrogens with two attached hydrogens (primary N) is 1. The first-order valence-corrected chi connectivity index (χ1v) is 9.54. The zero-order valence-corrected chi connectivity index (χ0v) is 17.1. The number of carbonyl (C=O) groups excluding carboxylic acids is 1. The molecule has 0 fully saturated rings. The minimum absolute atomic E-state index is 0.191. The van der Waals surface area contributed by atoms with Crippen molar-refractivity contribution in [3.05, 3.63) is 99.4 Å². The van der Waals surface area contributed by atoms with Gasteiger partial charge in [0.15, 0.2) is 5.70 Å². The van der Waals surface area contributed by atoms with Crippen LogP contribution in [-0.4, -0.2) is 12.6 Å². The van der Waals surface area contributed by atoms with Crippen LogP contribution in [0.15, 0.2) is 71.3 Å². The number of anilines is 1. The number of hydrogen-bond donors (Lipinski definition) is 1. The summed E-state index contributed by atoms with van der Waals surface area (Å²) < 4.78 is 5.30. The minimum atomic E-state index is -0.671. The van der Waals surface area contributed by atoms with Gasteiger partial charge in [-0.2, -0.15) is 5.26 Å². The second-order valence-corrected chi connectivity index (χ2v) is 6.94. The number of nitriles is 1. The van der Waals surface area contributed by atoms with Crippen LogP contribution in [0.25, 0.3) is 4.85 Å². The van der Waals surface area contributed by atoms with Gasteiger partial charge in [0.2, 0.25) is 0 Å². The lowest BCUT2D eigenvalue weighted by molar-refractivity contribution is -0.138. The second-order valence-electron chi connectivity index (χ2n) is 6.94. The van der Waals surface area contributed by atoms with Gasteiger partial charge in [0.05, 0.1) is 36.3 Å². The SMILES string of the molecule is [C-]#[N+]C1=C(C)N(c2cccc(C)c2)C(N)=C(C(=O)OCC)C1c1ccc(C#N)cc1. The summed E-state index contributed by atoms with van der Waals surface area (Å²) in [6.45, 7) is 13.6. The van der Waals surface area contributed by atoms with Crippen molar-refractivity contribution in [2.45, 2.75) is 26.7 Å². The molecule has 0 aromatic heterocycles. The molecule has 1 atom stereocenters. The number of benzene rings is 2. The Balaban J connectivity index is 2.26. The largest absolute Gasteiger partial charge is 0.463 e. The Hall–Kier alpha value is -4.03. The topological polar surface area (TPSA) is 83.7 Å². The number of hydrogen-bond acceptors (Lipinski definition) is 5. The number of esters is 1. The van der Waals surface area contributed by atoms with Crippen LogP contribution < -0.4 is 10.6 Å². The third kappa shape index (κ3) is 3.64. The van der Waals surface area contributed by atoms with Crippen LogP contribution in [0, 0.1) is 24.8 Å². The van der Waals surface area contributed by atoms with E-state index >= 15 is 0 Å². The zero-order chi connectivity index (χ0) is 21.8. The van der Waals surface area contributed by atoms with E-state index in [0.717, 1.165) is 11.3 Å². The van der Waals surface area contributed by atoms with E-state index in [-0.39, 0.29) is 18.0 Å². The van der Waals surface area contributed by atoms with Crippen molar-refractivity contribution < 1.29 is 9.53 Å². The maximum Gasteiger partial charge on any atom is 0.337 e. The molecule has 2 aromatic rings. The normalized spacial score (nSPS) is 16.2. The maximum atomic E-state index is 13.0. The summed E-state index contributed by atoms with van der Waals surface area (Å²) >= 11 is 0. The molecule has 0 bridgehead atoms. The van der Waals surface area contributed by atoms with Crippen molar-refractivity contribution in [3.8, 4) is 6.07 Å². The number of nitrogens with zero attached hydrogens (tertiary/aromatic N) is 3. The average Bonchev–Trinajstić information content (AvgIpc) is 2.73. The Morgan fingerprint density at radius 2 is 1.97 bits per heavy atom. The summed E-state index contributed by atoms with van der Waals surface area (Å²) in [6, 6.07) is 16.6. The van der Waals surface area contributed by atoms with Crippen LogP contribution in [0.3, 0.4) is 0 Å². The highest BCUT2D eigenvalue weighted by molar-refractivity contribution is 5.94. The quantitative estimate of drug-likeness (QED) is 0.611. The Kier molecular flexibility index (Phi) is 5.90. The summed E-state index contributed by atoms with van der Waals surface area (Å²) in [5.41, 5.74) is 10.8. The molecule has 30 heavy (non-hydrogen) atoms. The predicted octanol–water partition coefficient (Wildman–Crippen LogP) is 4.35. The molecule has 0 amide bonds. The number of carbonyl (C=O) groups is 1. The highest BCUT2D eigenvalue weighted by Crippen LogP contribution is 2.43. The summed E-state index contributed by atoms with van der Waals surface area (Å²) in [4.78, 5) is 18.5. The number of rotatable bonds is 4. The van der Waals surface area contributed by atoms with Gasteiger partial charge in [-0.15, -0.1) is 0 Å². The van der Waals surface area contributed by atoms with Crippen LogP contribution in [0.1, 0.15) is 36.5 Å². The summed E-state index contributed by atoms with van der Waals surface area (Å²) in [6.07, 6.45) is 0. The van der Waals surface area contributed by atoms with Gasteiger partial charge in [-0.05, 0) is 56.2 Å². The van der Waals surface area contributed by atoms with Gasteiger partial charge in [-0.1, -0.05) is 24.3 Å². The van der Waals surface area contributed by atoms with Gasteiger partial charge in [-0.25, -0.2) is 9.64 Å². The molecule has 1 aliphatic heterocycles. The van der Waals surface area contributed by atoms with Crippen molar-refractivity contribution >= 4 is 11.7 Å². The summed E-state index contributed by atoms with van der Waals surface area (Å²) in [7, 11) is 0. The molecule has 2 aromatic carbocycles. The number of allylic oxidation sites excluding steroid dienone is 2. The highest BCUT2D eigenvalue weighted by atomic mass is 16.5. The van der Waals surface area contributed by atoms with Crippen molar-refractivity contribution in [1.29, 1.82) is 5.26 Å². The third-order valence-corrected chi connectivity index (χ3v) is 5.03. The van der Waals surface area contributed by atoms with Gasteiger partial charge >= 0.3 is 5.97 Å². The van der Waals surface area contributed by atoms with Gasteiger partial charge in [-0.3, -0.25) is 0 Å². The van der Waals surface area contributed by atoms with Crippen LogP contribution in [0.5, 0.6) is 0 Å². The predicted molar refractivity (Wildman–Crippen MR) is 115 cm³/mol.